The molecular weight excluding hydrogens is 502 g/mol. The van der Waals surface area contributed by atoms with E-state index in [1.807, 2.05) is 29.7 Å². The first kappa shape index (κ1) is 27.0. The van der Waals surface area contributed by atoms with Gasteiger partial charge in [-0.3, -0.25) is 9.59 Å². The normalized spacial score (nSPS) is 10.9. The molecule has 9 nitrogen and oxygen atoms in total. The maximum atomic E-state index is 12.4. The third-order valence-electron chi connectivity index (χ3n) is 4.84. The quantitative estimate of drug-likeness (QED) is 0.218. The summed E-state index contributed by atoms with van der Waals surface area (Å²) < 4.78 is 6.82. The van der Waals surface area contributed by atoms with Gasteiger partial charge in [0.05, 0.1) is 24.5 Å². The molecule has 188 valence electrons. The van der Waals surface area contributed by atoms with E-state index in [2.05, 4.69) is 20.8 Å². The fraction of sp³-hybridized carbons (Fsp3) is 0.240. The first-order chi connectivity index (χ1) is 17.4. The van der Waals surface area contributed by atoms with Crippen LogP contribution in [0.1, 0.15) is 35.6 Å². The van der Waals surface area contributed by atoms with Crippen molar-refractivity contribution >= 4 is 52.9 Å². The van der Waals surface area contributed by atoms with Crippen LogP contribution in [-0.2, 0) is 27.4 Å². The van der Waals surface area contributed by atoms with Crippen LogP contribution in [0.15, 0.2) is 59.8 Å². The lowest BCUT2D eigenvalue weighted by Crippen LogP contribution is -2.22. The highest BCUT2D eigenvalue weighted by atomic mass is 35.5. The Morgan fingerprint density at radius 1 is 1.11 bits per heavy atom. The maximum absolute atomic E-state index is 12.4. The average Bonchev–Trinajstić information content (AvgIpc) is 3.27. The second kappa shape index (κ2) is 13.5. The number of hydrogen-bond donors (Lipinski definition) is 2. The highest BCUT2D eigenvalue weighted by Gasteiger charge is 2.14. The third-order valence-corrected chi connectivity index (χ3v) is 6.15. The zero-order valence-corrected chi connectivity index (χ0v) is 21.4. The third kappa shape index (κ3) is 7.69. The van der Waals surface area contributed by atoms with Crippen molar-refractivity contribution in [3.05, 3.63) is 76.6 Å². The first-order valence-corrected chi connectivity index (χ1v) is 12.6. The lowest BCUT2D eigenvalue weighted by molar-refractivity contribution is -0.116. The summed E-state index contributed by atoms with van der Waals surface area (Å²) in [7, 11) is 0. The van der Waals surface area contributed by atoms with Crippen LogP contribution >= 0.6 is 23.4 Å². The van der Waals surface area contributed by atoms with Gasteiger partial charge in [0.2, 0.25) is 11.8 Å². The molecule has 11 heteroatoms. The van der Waals surface area contributed by atoms with Crippen molar-refractivity contribution in [3.63, 3.8) is 0 Å². The molecule has 3 rings (SSSR count). The summed E-state index contributed by atoms with van der Waals surface area (Å²) in [6, 6.07) is 13.8. The van der Waals surface area contributed by atoms with Gasteiger partial charge in [0, 0.05) is 23.3 Å². The zero-order chi connectivity index (χ0) is 25.9. The molecule has 0 spiro atoms. The lowest BCUT2D eigenvalue weighted by Gasteiger charge is -2.09. The van der Waals surface area contributed by atoms with E-state index in [1.54, 1.807) is 43.3 Å². The smallest absolute Gasteiger partial charge is 0.338 e. The van der Waals surface area contributed by atoms with Crippen LogP contribution in [0.3, 0.4) is 0 Å². The number of aromatic nitrogens is 3. The van der Waals surface area contributed by atoms with Crippen LogP contribution in [0.5, 0.6) is 0 Å². The Labute approximate surface area is 218 Å². The molecule has 0 fully saturated rings. The fourth-order valence-corrected chi connectivity index (χ4v) is 4.16. The fourth-order valence-electron chi connectivity index (χ4n) is 3.14. The number of benzene rings is 2. The number of ether oxygens (including phenoxy) is 1. The minimum Gasteiger partial charge on any atom is -0.462 e. The van der Waals surface area contributed by atoms with E-state index in [0.29, 0.717) is 33.8 Å². The maximum Gasteiger partial charge on any atom is 0.338 e. The van der Waals surface area contributed by atoms with E-state index in [9.17, 15) is 14.4 Å². The lowest BCUT2D eigenvalue weighted by atomic mass is 10.2. The summed E-state index contributed by atoms with van der Waals surface area (Å²) >= 11 is 7.32. The van der Waals surface area contributed by atoms with E-state index in [0.717, 1.165) is 5.56 Å². The second-order valence-corrected chi connectivity index (χ2v) is 8.70. The zero-order valence-electron chi connectivity index (χ0n) is 19.9. The van der Waals surface area contributed by atoms with Crippen molar-refractivity contribution in [1.29, 1.82) is 0 Å². The molecule has 0 aliphatic carbocycles. The van der Waals surface area contributed by atoms with Crippen molar-refractivity contribution in [2.45, 2.75) is 32.1 Å². The Kier molecular flexibility index (Phi) is 10.1. The largest absolute Gasteiger partial charge is 0.462 e. The first-order valence-electron chi connectivity index (χ1n) is 11.2. The molecule has 1 heterocycles. The molecule has 1 aromatic heterocycles. The number of halogens is 1. The number of anilines is 1. The summed E-state index contributed by atoms with van der Waals surface area (Å²) in [5, 5.41) is 15.0. The predicted molar refractivity (Wildman–Crippen MR) is 140 cm³/mol. The molecule has 0 saturated heterocycles. The topological polar surface area (TPSA) is 115 Å². The highest BCUT2D eigenvalue weighted by Crippen LogP contribution is 2.19. The van der Waals surface area contributed by atoms with Crippen LogP contribution in [0.25, 0.3) is 6.08 Å². The van der Waals surface area contributed by atoms with Gasteiger partial charge in [0.25, 0.3) is 0 Å². The van der Waals surface area contributed by atoms with E-state index in [4.69, 9.17) is 16.3 Å². The number of thioether (sulfide) groups is 1. The van der Waals surface area contributed by atoms with Gasteiger partial charge in [0.1, 0.15) is 0 Å². The predicted octanol–water partition coefficient (Wildman–Crippen LogP) is 4.19. The van der Waals surface area contributed by atoms with Gasteiger partial charge in [0.15, 0.2) is 11.0 Å². The van der Waals surface area contributed by atoms with Crippen molar-refractivity contribution in [2.75, 3.05) is 17.7 Å². The van der Waals surface area contributed by atoms with Crippen molar-refractivity contribution in [2.24, 2.45) is 0 Å². The Morgan fingerprint density at radius 2 is 1.92 bits per heavy atom. The number of rotatable bonds is 11. The number of amides is 2. The van der Waals surface area contributed by atoms with E-state index >= 15 is 0 Å². The summed E-state index contributed by atoms with van der Waals surface area (Å²) in [6.45, 7) is 4.68. The highest BCUT2D eigenvalue weighted by molar-refractivity contribution is 7.99. The van der Waals surface area contributed by atoms with Gasteiger partial charge in [-0.15, -0.1) is 10.2 Å². The molecular formula is C25H26ClN5O4S. The van der Waals surface area contributed by atoms with Gasteiger partial charge >= 0.3 is 5.97 Å². The van der Waals surface area contributed by atoms with Gasteiger partial charge in [-0.05, 0) is 49.8 Å². The van der Waals surface area contributed by atoms with Crippen LogP contribution < -0.4 is 10.6 Å². The number of nitrogens with one attached hydrogen (secondary N) is 2. The molecule has 0 saturated carbocycles. The number of esters is 1. The number of hydrogen-bond acceptors (Lipinski definition) is 7. The molecule has 0 unspecified atom stereocenters. The van der Waals surface area contributed by atoms with Crippen LogP contribution in [0, 0.1) is 0 Å². The Hall–Kier alpha value is -3.63. The van der Waals surface area contributed by atoms with Gasteiger partial charge < -0.3 is 19.9 Å². The molecule has 0 radical (unpaired) electrons. The summed E-state index contributed by atoms with van der Waals surface area (Å²) in [4.78, 5) is 36.5. The number of nitrogens with zero attached hydrogens (tertiary/aromatic N) is 3. The SMILES string of the molecule is CCOC(=O)c1cccc(NC(=O)CSc2nnc(CNC(=O)/C=C/c3ccccc3Cl)n2CC)c1. The van der Waals surface area contributed by atoms with Crippen LogP contribution in [0.4, 0.5) is 5.69 Å². The van der Waals surface area contributed by atoms with Gasteiger partial charge in [-0.1, -0.05) is 47.6 Å². The van der Waals surface area contributed by atoms with Gasteiger partial charge in [-0.25, -0.2) is 4.79 Å². The minimum atomic E-state index is -0.446. The van der Waals surface area contributed by atoms with E-state index in [-0.39, 0.29) is 30.7 Å². The number of carbonyl (C=O) groups is 3. The average molecular weight is 528 g/mol. The van der Waals surface area contributed by atoms with Crippen LogP contribution in [-0.4, -0.2) is 44.9 Å². The molecule has 0 atom stereocenters. The standard InChI is InChI=1S/C25H26ClN5O4S/c1-3-31-21(15-27-22(32)13-12-17-8-5-6-11-20(17)26)29-30-25(31)36-16-23(33)28-19-10-7-9-18(14-19)24(34)35-4-2/h5-14H,3-4,15-16H2,1-2H3,(H,27,32)(H,28,33)/b13-12+. The summed E-state index contributed by atoms with van der Waals surface area (Å²) in [6.07, 6.45) is 3.05. The molecule has 0 bridgehead atoms. The van der Waals surface area contributed by atoms with E-state index in [1.165, 1.54) is 17.8 Å². The monoisotopic (exact) mass is 527 g/mol. The Balaban J connectivity index is 1.53. The number of carbonyl (C=O) groups excluding carboxylic acids is 3. The molecule has 2 aromatic carbocycles. The summed E-state index contributed by atoms with van der Waals surface area (Å²) in [5.74, 6) is -0.334. The molecule has 0 aliphatic heterocycles. The molecule has 0 aliphatic rings. The second-order valence-electron chi connectivity index (χ2n) is 7.35. The summed E-state index contributed by atoms with van der Waals surface area (Å²) in [5.41, 5.74) is 1.61. The molecule has 2 amide bonds. The minimum absolute atomic E-state index is 0.0920. The molecule has 2 N–H and O–H groups in total. The van der Waals surface area contributed by atoms with Crippen molar-refractivity contribution in [3.8, 4) is 0 Å². The molecule has 3 aromatic rings. The van der Waals surface area contributed by atoms with Gasteiger partial charge in [-0.2, -0.15) is 0 Å². The van der Waals surface area contributed by atoms with Crippen LogP contribution in [0.2, 0.25) is 5.02 Å². The van der Waals surface area contributed by atoms with E-state index < -0.39 is 5.97 Å². The Bertz CT molecular complexity index is 1260. The Morgan fingerprint density at radius 3 is 2.67 bits per heavy atom. The molecule has 36 heavy (non-hydrogen) atoms. The van der Waals surface area contributed by atoms with Crippen molar-refractivity contribution in [1.82, 2.24) is 20.1 Å². The van der Waals surface area contributed by atoms with Crippen molar-refractivity contribution < 1.29 is 19.1 Å².